The lowest BCUT2D eigenvalue weighted by Gasteiger charge is -2.04. The van der Waals surface area contributed by atoms with Crippen molar-refractivity contribution in [2.24, 2.45) is 4.99 Å². The van der Waals surface area contributed by atoms with Gasteiger partial charge in [0.2, 0.25) is 0 Å². The second kappa shape index (κ2) is 7.56. The summed E-state index contributed by atoms with van der Waals surface area (Å²) in [5, 5.41) is 0.647. The summed E-state index contributed by atoms with van der Waals surface area (Å²) in [5.41, 5.74) is 2.84. The van der Waals surface area contributed by atoms with Gasteiger partial charge in [-0.3, -0.25) is 14.8 Å². The molecule has 0 spiro atoms. The maximum Gasteiger partial charge on any atom is 0.279 e. The molecular formula is C19H15ClN4O2S. The average Bonchev–Trinajstić information content (AvgIpc) is 3.01. The van der Waals surface area contributed by atoms with Gasteiger partial charge >= 0.3 is 0 Å². The molecule has 0 fully saturated rings. The van der Waals surface area contributed by atoms with Gasteiger partial charge < -0.3 is 9.30 Å². The third kappa shape index (κ3) is 3.62. The van der Waals surface area contributed by atoms with E-state index in [2.05, 4.69) is 15.0 Å². The van der Waals surface area contributed by atoms with Gasteiger partial charge in [0.1, 0.15) is 0 Å². The molecule has 2 aromatic carbocycles. The van der Waals surface area contributed by atoms with Crippen LogP contribution in [0.1, 0.15) is 10.4 Å². The number of nitrogens with zero attached hydrogens (tertiary/aromatic N) is 4. The van der Waals surface area contributed by atoms with Crippen molar-refractivity contribution in [2.45, 2.75) is 6.54 Å². The molecule has 8 heteroatoms. The first-order chi connectivity index (χ1) is 13.2. The van der Waals surface area contributed by atoms with E-state index in [0.29, 0.717) is 34.1 Å². The Balaban J connectivity index is 1.81. The highest BCUT2D eigenvalue weighted by molar-refractivity contribution is 7.16. The summed E-state index contributed by atoms with van der Waals surface area (Å²) in [4.78, 5) is 26.2. The summed E-state index contributed by atoms with van der Waals surface area (Å²) in [5.74, 6) is -0.327. The molecule has 0 bridgehead atoms. The van der Waals surface area contributed by atoms with Crippen molar-refractivity contribution in [3.8, 4) is 0 Å². The third-order valence-corrected chi connectivity index (χ3v) is 5.35. The Morgan fingerprint density at radius 1 is 1.19 bits per heavy atom. The van der Waals surface area contributed by atoms with Crippen LogP contribution >= 0.6 is 22.9 Å². The topological polar surface area (TPSA) is 69.4 Å². The van der Waals surface area contributed by atoms with Crippen molar-refractivity contribution >= 4 is 50.1 Å². The summed E-state index contributed by atoms with van der Waals surface area (Å²) < 4.78 is 8.13. The minimum absolute atomic E-state index is 0.327. The largest absolute Gasteiger partial charge is 0.383 e. The van der Waals surface area contributed by atoms with Crippen LogP contribution in [0.15, 0.2) is 53.8 Å². The van der Waals surface area contributed by atoms with Crippen molar-refractivity contribution in [3.05, 3.63) is 64.2 Å². The molecule has 136 valence electrons. The number of halogens is 1. The van der Waals surface area contributed by atoms with Gasteiger partial charge in [0.05, 0.1) is 27.9 Å². The van der Waals surface area contributed by atoms with Gasteiger partial charge in [-0.25, -0.2) is 0 Å². The number of hydrogen-bond acceptors (Lipinski definition) is 5. The first-order valence-electron chi connectivity index (χ1n) is 8.23. The Labute approximate surface area is 163 Å². The molecule has 27 heavy (non-hydrogen) atoms. The number of benzene rings is 2. The van der Waals surface area contributed by atoms with E-state index in [-0.39, 0.29) is 5.91 Å². The molecule has 4 aromatic rings. The highest BCUT2D eigenvalue weighted by Gasteiger charge is 2.11. The zero-order chi connectivity index (χ0) is 18.8. The third-order valence-electron chi connectivity index (χ3n) is 4.08. The van der Waals surface area contributed by atoms with Gasteiger partial charge in [-0.15, -0.1) is 0 Å². The molecule has 0 aliphatic rings. The lowest BCUT2D eigenvalue weighted by atomic mass is 10.2. The van der Waals surface area contributed by atoms with Crippen LogP contribution in [0.5, 0.6) is 0 Å². The van der Waals surface area contributed by atoms with E-state index in [1.165, 1.54) is 11.3 Å². The van der Waals surface area contributed by atoms with E-state index >= 15 is 0 Å². The Kier molecular flexibility index (Phi) is 4.98. The number of rotatable bonds is 4. The summed E-state index contributed by atoms with van der Waals surface area (Å²) in [7, 11) is 1.64. The van der Waals surface area contributed by atoms with Crippen LogP contribution < -0.4 is 4.80 Å². The summed E-state index contributed by atoms with van der Waals surface area (Å²) in [6, 6.07) is 10.8. The number of ether oxygens (including phenoxy) is 1. The van der Waals surface area contributed by atoms with Crippen LogP contribution in [0.3, 0.4) is 0 Å². The van der Waals surface area contributed by atoms with E-state index in [0.717, 1.165) is 15.7 Å². The highest BCUT2D eigenvalue weighted by atomic mass is 35.5. The standard InChI is InChI=1S/C19H15ClN4O2S/c1-26-9-8-24-16-5-3-13(20)11-17(16)27-19(24)23-18(25)12-2-4-14-15(10-12)22-7-6-21-14/h2-7,10-11H,8-9H2,1H3. The van der Waals surface area contributed by atoms with E-state index in [1.807, 2.05) is 22.8 Å². The Morgan fingerprint density at radius 3 is 2.81 bits per heavy atom. The van der Waals surface area contributed by atoms with Gasteiger partial charge in [0.15, 0.2) is 4.80 Å². The minimum Gasteiger partial charge on any atom is -0.383 e. The van der Waals surface area contributed by atoms with E-state index < -0.39 is 0 Å². The van der Waals surface area contributed by atoms with Gasteiger partial charge in [0.25, 0.3) is 5.91 Å². The maximum absolute atomic E-state index is 12.7. The van der Waals surface area contributed by atoms with Gasteiger partial charge in [-0.1, -0.05) is 22.9 Å². The van der Waals surface area contributed by atoms with E-state index in [9.17, 15) is 4.79 Å². The number of hydrogen-bond donors (Lipinski definition) is 0. The maximum atomic E-state index is 12.7. The molecule has 0 aliphatic carbocycles. The molecule has 0 saturated carbocycles. The zero-order valence-corrected chi connectivity index (χ0v) is 16.0. The van der Waals surface area contributed by atoms with Gasteiger partial charge in [-0.2, -0.15) is 4.99 Å². The van der Waals surface area contributed by atoms with Crippen molar-refractivity contribution in [3.63, 3.8) is 0 Å². The molecule has 2 heterocycles. The molecule has 0 aliphatic heterocycles. The van der Waals surface area contributed by atoms with Crippen LogP contribution in [0, 0.1) is 0 Å². The molecular weight excluding hydrogens is 384 g/mol. The fraction of sp³-hybridized carbons (Fsp3) is 0.158. The smallest absolute Gasteiger partial charge is 0.279 e. The van der Waals surface area contributed by atoms with Crippen LogP contribution in [-0.2, 0) is 11.3 Å². The number of aromatic nitrogens is 3. The molecule has 0 N–H and O–H groups in total. The van der Waals surface area contributed by atoms with Crippen molar-refractivity contribution in [1.82, 2.24) is 14.5 Å². The van der Waals surface area contributed by atoms with Crippen molar-refractivity contribution in [2.75, 3.05) is 13.7 Å². The molecule has 0 radical (unpaired) electrons. The Bertz CT molecular complexity index is 1220. The lowest BCUT2D eigenvalue weighted by molar-refractivity contribution is 0.0997. The van der Waals surface area contributed by atoms with Crippen molar-refractivity contribution < 1.29 is 9.53 Å². The van der Waals surface area contributed by atoms with Crippen LogP contribution in [0.25, 0.3) is 21.3 Å². The molecule has 0 unspecified atom stereocenters. The molecule has 0 atom stereocenters. The van der Waals surface area contributed by atoms with Gasteiger partial charge in [0, 0.05) is 36.6 Å². The number of carbonyl (C=O) groups excluding carboxylic acids is 1. The Hall–Kier alpha value is -2.61. The fourth-order valence-electron chi connectivity index (χ4n) is 2.78. The average molecular weight is 399 g/mol. The van der Waals surface area contributed by atoms with E-state index in [1.54, 1.807) is 37.7 Å². The second-order valence-corrected chi connectivity index (χ2v) is 7.26. The predicted octanol–water partition coefficient (Wildman–Crippen LogP) is 3.69. The monoisotopic (exact) mass is 398 g/mol. The quantitative estimate of drug-likeness (QED) is 0.525. The normalized spacial score (nSPS) is 12.1. The summed E-state index contributed by atoms with van der Waals surface area (Å²) in [6.45, 7) is 1.11. The number of fused-ring (bicyclic) bond motifs is 2. The van der Waals surface area contributed by atoms with Crippen molar-refractivity contribution in [1.29, 1.82) is 0 Å². The molecule has 6 nitrogen and oxygen atoms in total. The van der Waals surface area contributed by atoms with Crippen LogP contribution in [0.4, 0.5) is 0 Å². The lowest BCUT2D eigenvalue weighted by Crippen LogP contribution is -2.19. The number of amides is 1. The highest BCUT2D eigenvalue weighted by Crippen LogP contribution is 2.22. The SMILES string of the molecule is COCCn1c(=NC(=O)c2ccc3nccnc3c2)sc2cc(Cl)ccc21. The molecule has 4 rings (SSSR count). The number of thiazole rings is 1. The molecule has 0 saturated heterocycles. The minimum atomic E-state index is -0.327. The summed E-state index contributed by atoms with van der Waals surface area (Å²) in [6.07, 6.45) is 3.22. The first-order valence-corrected chi connectivity index (χ1v) is 9.43. The molecule has 1 amide bonds. The van der Waals surface area contributed by atoms with Crippen LogP contribution in [-0.4, -0.2) is 34.2 Å². The summed E-state index contributed by atoms with van der Waals surface area (Å²) >= 11 is 7.53. The fourth-order valence-corrected chi connectivity index (χ4v) is 4.11. The Morgan fingerprint density at radius 2 is 2.00 bits per heavy atom. The van der Waals surface area contributed by atoms with Gasteiger partial charge in [-0.05, 0) is 36.4 Å². The van der Waals surface area contributed by atoms with E-state index in [4.69, 9.17) is 16.3 Å². The number of carbonyl (C=O) groups is 1. The molecule has 2 aromatic heterocycles. The first kappa shape index (κ1) is 17.8. The number of methoxy groups -OCH3 is 1. The zero-order valence-electron chi connectivity index (χ0n) is 14.4. The van der Waals surface area contributed by atoms with Crippen LogP contribution in [0.2, 0.25) is 5.02 Å². The second-order valence-electron chi connectivity index (χ2n) is 5.82. The predicted molar refractivity (Wildman–Crippen MR) is 106 cm³/mol.